The third-order valence-electron chi connectivity index (χ3n) is 3.87. The van der Waals surface area contributed by atoms with Gasteiger partial charge in [0.15, 0.2) is 0 Å². The van der Waals surface area contributed by atoms with Gasteiger partial charge in [-0.2, -0.15) is 0 Å². The van der Waals surface area contributed by atoms with Crippen LogP contribution in [-0.4, -0.2) is 56.9 Å². The molecule has 0 aliphatic rings. The fourth-order valence-electron chi connectivity index (χ4n) is 1.40. The summed E-state index contributed by atoms with van der Waals surface area (Å²) < 4.78 is 6.05. The van der Waals surface area contributed by atoms with Crippen LogP contribution in [0.1, 0.15) is 34.1 Å². The van der Waals surface area contributed by atoms with E-state index in [0.717, 1.165) is 0 Å². The van der Waals surface area contributed by atoms with Crippen LogP contribution in [0.5, 0.6) is 0 Å². The second-order valence-corrected chi connectivity index (χ2v) is 11.4. The van der Waals surface area contributed by atoms with E-state index in [9.17, 15) is 10.2 Å². The summed E-state index contributed by atoms with van der Waals surface area (Å²) in [7, 11) is -0.486. The van der Waals surface area contributed by atoms with Crippen molar-refractivity contribution in [1.29, 1.82) is 0 Å². The van der Waals surface area contributed by atoms with E-state index in [1.807, 2.05) is 0 Å². The summed E-state index contributed by atoms with van der Waals surface area (Å²) in [5.74, 6) is 0. The summed E-state index contributed by atoms with van der Waals surface area (Å²) in [5, 5.41) is 27.2. The van der Waals surface area contributed by atoms with Crippen molar-refractivity contribution >= 4 is 21.8 Å². The van der Waals surface area contributed by atoms with Crippen molar-refractivity contribution in [2.24, 2.45) is 10.1 Å². The van der Waals surface area contributed by atoms with Gasteiger partial charge in [0.05, 0.1) is 0 Å². The Labute approximate surface area is 124 Å². The topological polar surface area (TPSA) is 74.4 Å². The molecule has 0 saturated heterocycles. The maximum absolute atomic E-state index is 9.92. The zero-order valence-corrected chi connectivity index (χ0v) is 14.6. The van der Waals surface area contributed by atoms with Crippen LogP contribution in [0.4, 0.5) is 0 Å². The summed E-state index contributed by atoms with van der Waals surface area (Å²) in [6.45, 7) is 16.4. The number of rotatable bonds is 8. The monoisotopic (exact) mass is 300 g/mol. The molecule has 0 heterocycles. The molecule has 5 nitrogen and oxygen atoms in total. The Kier molecular flexibility index (Phi) is 8.02. The van der Waals surface area contributed by atoms with E-state index in [1.54, 1.807) is 0 Å². The Balaban J connectivity index is 4.56. The molecular weight excluding hydrogens is 271 g/mol. The molecule has 0 unspecified atom stereocenters. The van der Waals surface area contributed by atoms with E-state index in [1.165, 1.54) is 14.0 Å². The third-order valence-corrected chi connectivity index (χ3v) is 8.41. The van der Waals surface area contributed by atoms with Gasteiger partial charge >= 0.3 is 124 Å². The van der Waals surface area contributed by atoms with Gasteiger partial charge in [-0.15, -0.1) is 0 Å². The molecule has 0 aliphatic heterocycles. The van der Waals surface area contributed by atoms with E-state index in [4.69, 9.17) is 4.43 Å². The number of aliphatic hydroxyl groups excluding tert-OH is 2. The molecule has 0 aromatic heterocycles. The zero-order chi connectivity index (χ0) is 16.0. The summed E-state index contributed by atoms with van der Waals surface area (Å²) >= 11 is 0. The minimum atomic E-state index is -1.80. The first-order chi connectivity index (χ1) is 9.03. The Morgan fingerprint density at radius 1 is 1.30 bits per heavy atom. The predicted molar refractivity (Wildman–Crippen MR) is 87.0 cm³/mol. The molecule has 0 aromatic rings. The average Bonchev–Trinajstić information content (AvgIpc) is 2.30. The van der Waals surface area contributed by atoms with Crippen LogP contribution in [0.15, 0.2) is 10.1 Å². The molecule has 0 radical (unpaired) electrons. The first kappa shape index (κ1) is 19.6. The van der Waals surface area contributed by atoms with Gasteiger partial charge in [-0.25, -0.2) is 0 Å². The second-order valence-electron chi connectivity index (χ2n) is 6.61. The van der Waals surface area contributed by atoms with Gasteiger partial charge in [0.2, 0.25) is 0 Å². The second kappa shape index (κ2) is 8.17. The van der Waals surface area contributed by atoms with Crippen molar-refractivity contribution in [1.82, 2.24) is 0 Å². The van der Waals surface area contributed by atoms with Crippen LogP contribution >= 0.6 is 0 Å². The molecule has 3 atom stereocenters. The Morgan fingerprint density at radius 2 is 1.85 bits per heavy atom. The van der Waals surface area contributed by atoms with Crippen molar-refractivity contribution in [2.45, 2.75) is 70.5 Å². The van der Waals surface area contributed by atoms with Gasteiger partial charge < -0.3 is 0 Å². The van der Waals surface area contributed by atoms with E-state index < -0.39 is 26.6 Å². The molecule has 0 fully saturated rings. The van der Waals surface area contributed by atoms with E-state index >= 15 is 0 Å². The number of nitrogens with zero attached hydrogens (tertiary/aromatic N) is 2. The van der Waals surface area contributed by atoms with Gasteiger partial charge in [-0.05, 0) is 0 Å². The first-order valence-corrected chi connectivity index (χ1v) is 9.94. The van der Waals surface area contributed by atoms with Gasteiger partial charge in [-0.1, -0.05) is 0 Å². The summed E-state index contributed by atoms with van der Waals surface area (Å²) in [4.78, 5) is 0. The normalized spacial score (nSPS) is 17.8. The van der Waals surface area contributed by atoms with Crippen LogP contribution in [0.3, 0.4) is 0 Å². The van der Waals surface area contributed by atoms with Crippen LogP contribution in [-0.2, 0) is 4.43 Å². The molecule has 0 aromatic carbocycles. The molecule has 2 N–H and O–H groups in total. The predicted octanol–water partition coefficient (Wildman–Crippen LogP) is 2.01. The average molecular weight is 300 g/mol. The van der Waals surface area contributed by atoms with Gasteiger partial charge in [-0.3, -0.25) is 0 Å². The van der Waals surface area contributed by atoms with Crippen LogP contribution in [0.25, 0.3) is 0 Å². The Bertz CT molecular complexity index is 330. The van der Waals surface area contributed by atoms with E-state index in [-0.39, 0.29) is 5.04 Å². The van der Waals surface area contributed by atoms with Gasteiger partial charge in [0, 0.05) is 0 Å². The Hall–Kier alpha value is -0.368. The van der Waals surface area contributed by atoms with Crippen molar-refractivity contribution in [3.05, 3.63) is 0 Å². The van der Waals surface area contributed by atoms with Gasteiger partial charge in [0.25, 0.3) is 0 Å². The molecule has 0 saturated carbocycles. The number of hydrogen-bond acceptors (Lipinski definition) is 5. The fraction of sp³-hybridized carbons (Fsp3) is 0.923. The molecule has 7 heteroatoms. The third kappa shape index (κ3) is 6.39. The first-order valence-electron chi connectivity index (χ1n) is 7.04. The van der Waals surface area contributed by atoms with Crippen molar-refractivity contribution < 1.29 is 14.6 Å². The number of aliphatic hydroxyl groups is 2. The van der Waals surface area contributed by atoms with Crippen LogP contribution in [0, 0.1) is 0 Å². The molecule has 0 aliphatic carbocycles. The van der Waals surface area contributed by atoms with E-state index in [0.29, 0.717) is 13.0 Å². The molecular formula is C13H29BN2O3Si. The minimum absolute atomic E-state index is 0.147. The zero-order valence-electron chi connectivity index (χ0n) is 13.6. The maximum atomic E-state index is 9.92. The van der Waals surface area contributed by atoms with Crippen molar-refractivity contribution in [2.75, 3.05) is 6.61 Å². The number of hydrogen-bond donors (Lipinski definition) is 2. The Morgan fingerprint density at radius 3 is 2.25 bits per heavy atom. The van der Waals surface area contributed by atoms with E-state index in [2.05, 4.69) is 50.5 Å². The van der Waals surface area contributed by atoms with Gasteiger partial charge in [0.1, 0.15) is 0 Å². The fourth-order valence-corrected chi connectivity index (χ4v) is 2.46. The van der Waals surface area contributed by atoms with Crippen LogP contribution in [0.2, 0.25) is 18.1 Å². The molecule has 0 spiro atoms. The summed E-state index contributed by atoms with van der Waals surface area (Å²) in [6, 6.07) is -0.474. The van der Waals surface area contributed by atoms with Crippen molar-refractivity contribution in [3.63, 3.8) is 0 Å². The molecule has 20 heavy (non-hydrogen) atoms. The van der Waals surface area contributed by atoms with Crippen LogP contribution < -0.4 is 0 Å². The molecule has 0 amide bonds. The standard InChI is InChI=1S/C13H29BN2O3Si/c1-10(17)12(18)11(15-16-14-5)8-9-19-20(6,7)13(2,3)4/h10-12,17-18H,5,8-9H2,1-4,6-7H3/t10-,11-,12-/m0/s1. The molecule has 0 bridgehead atoms. The summed E-state index contributed by atoms with van der Waals surface area (Å²) in [6.07, 6.45) is -1.27. The quantitative estimate of drug-likeness (QED) is 0.532. The molecule has 116 valence electrons. The molecule has 0 rings (SSSR count). The SMILES string of the molecule is C=BN=N[C@@H](CCO[Si](C)(C)C(C)(C)C)[C@@H](O)[C@H](C)O. The van der Waals surface area contributed by atoms with Crippen molar-refractivity contribution in [3.8, 4) is 0 Å². The summed E-state index contributed by atoms with van der Waals surface area (Å²) in [5.41, 5.74) is 0.